The van der Waals surface area contributed by atoms with Crippen LogP contribution in [0.25, 0.3) is 0 Å². The molecule has 0 amide bonds. The zero-order chi connectivity index (χ0) is 8.27. The fourth-order valence-corrected chi connectivity index (χ4v) is 1.02. The van der Waals surface area contributed by atoms with Gasteiger partial charge in [0.2, 0.25) is 0 Å². The quantitative estimate of drug-likeness (QED) is 0.684. The molecule has 11 heavy (non-hydrogen) atoms. The van der Waals surface area contributed by atoms with Crippen LogP contribution in [0.5, 0.6) is 11.5 Å². The Bertz CT molecular complexity index is 248. The topological polar surface area (TPSA) is 18.5 Å². The first kappa shape index (κ1) is 8.27. The fraction of sp³-hybridized carbons (Fsp3) is 0.250. The van der Waals surface area contributed by atoms with E-state index in [0.717, 1.165) is 16.4 Å². The molecule has 0 N–H and O–H groups in total. The Kier molecular flexibility index (Phi) is 2.65. The van der Waals surface area contributed by atoms with Gasteiger partial charge >= 0.3 is 0 Å². The Morgan fingerprint density at radius 1 is 1.18 bits per heavy atom. The Morgan fingerprint density at radius 2 is 1.91 bits per heavy atom. The molecule has 60 valence electrons. The third kappa shape index (κ3) is 1.80. The van der Waals surface area contributed by atoms with Gasteiger partial charge in [-0.25, -0.2) is 0 Å². The molecule has 0 heterocycles. The molecule has 1 rings (SSSR count). The van der Waals surface area contributed by atoms with Crippen molar-refractivity contribution in [2.75, 3.05) is 14.2 Å². The van der Waals surface area contributed by atoms with Crippen LogP contribution < -0.4 is 9.47 Å². The van der Waals surface area contributed by atoms with Crippen LogP contribution in [-0.4, -0.2) is 14.2 Å². The zero-order valence-electron chi connectivity index (χ0n) is 6.50. The van der Waals surface area contributed by atoms with E-state index in [1.807, 2.05) is 12.1 Å². The number of benzene rings is 1. The Morgan fingerprint density at radius 3 is 2.45 bits per heavy atom. The van der Waals surface area contributed by atoms with E-state index in [-0.39, 0.29) is 0 Å². The lowest BCUT2D eigenvalue weighted by Gasteiger charge is -2.05. The van der Waals surface area contributed by atoms with Crippen molar-refractivity contribution < 1.29 is 9.47 Å². The molecule has 3 heteroatoms. The average Bonchev–Trinajstić information content (AvgIpc) is 2.05. The van der Waals surface area contributed by atoms with Crippen molar-refractivity contribution in [3.8, 4) is 11.5 Å². The second kappa shape index (κ2) is 3.53. The van der Waals surface area contributed by atoms with E-state index in [2.05, 4.69) is 12.6 Å². The van der Waals surface area contributed by atoms with Gasteiger partial charge in [0.25, 0.3) is 0 Å². The first-order valence-corrected chi connectivity index (χ1v) is 3.63. The SMILES string of the molecule is COc1ccc(S)c(OC)c1. The van der Waals surface area contributed by atoms with Crippen LogP contribution in [0.3, 0.4) is 0 Å². The predicted octanol–water partition coefficient (Wildman–Crippen LogP) is 1.99. The summed E-state index contributed by atoms with van der Waals surface area (Å²) in [5.74, 6) is 1.51. The number of hydrogen-bond donors (Lipinski definition) is 1. The van der Waals surface area contributed by atoms with Crippen molar-refractivity contribution in [1.82, 2.24) is 0 Å². The Hall–Kier alpha value is -0.830. The van der Waals surface area contributed by atoms with E-state index in [1.54, 1.807) is 20.3 Å². The van der Waals surface area contributed by atoms with Gasteiger partial charge in [0.15, 0.2) is 0 Å². The first-order chi connectivity index (χ1) is 5.27. The number of methoxy groups -OCH3 is 2. The van der Waals surface area contributed by atoms with E-state index in [4.69, 9.17) is 9.47 Å². The number of thiol groups is 1. The van der Waals surface area contributed by atoms with E-state index in [0.29, 0.717) is 0 Å². The molecule has 0 saturated carbocycles. The monoisotopic (exact) mass is 170 g/mol. The predicted molar refractivity (Wildman–Crippen MR) is 46.8 cm³/mol. The highest BCUT2D eigenvalue weighted by Gasteiger charge is 1.99. The molecule has 0 bridgehead atoms. The highest BCUT2D eigenvalue weighted by Crippen LogP contribution is 2.26. The molecule has 0 aliphatic rings. The van der Waals surface area contributed by atoms with Crippen LogP contribution in [0.1, 0.15) is 0 Å². The molecule has 0 unspecified atom stereocenters. The lowest BCUT2D eigenvalue weighted by Crippen LogP contribution is -1.87. The smallest absolute Gasteiger partial charge is 0.135 e. The zero-order valence-corrected chi connectivity index (χ0v) is 7.39. The molecular formula is C8H10O2S. The van der Waals surface area contributed by atoms with Crippen molar-refractivity contribution in [3.63, 3.8) is 0 Å². The van der Waals surface area contributed by atoms with Crippen LogP contribution in [0.2, 0.25) is 0 Å². The molecule has 0 radical (unpaired) electrons. The lowest BCUT2D eigenvalue weighted by molar-refractivity contribution is 0.387. The molecule has 0 aliphatic heterocycles. The average molecular weight is 170 g/mol. The summed E-state index contributed by atoms with van der Waals surface area (Å²) in [5, 5.41) is 0. The summed E-state index contributed by atoms with van der Waals surface area (Å²) in [6.07, 6.45) is 0. The van der Waals surface area contributed by atoms with Gasteiger partial charge in [0, 0.05) is 11.0 Å². The molecular weight excluding hydrogens is 160 g/mol. The first-order valence-electron chi connectivity index (χ1n) is 3.19. The van der Waals surface area contributed by atoms with Crippen molar-refractivity contribution in [3.05, 3.63) is 18.2 Å². The lowest BCUT2D eigenvalue weighted by atomic mass is 10.3. The van der Waals surface area contributed by atoms with Crippen LogP contribution >= 0.6 is 12.6 Å². The standard InChI is InChI=1S/C8H10O2S/c1-9-6-3-4-8(11)7(5-6)10-2/h3-5,11H,1-2H3. The normalized spacial score (nSPS) is 9.36. The van der Waals surface area contributed by atoms with Gasteiger partial charge in [-0.2, -0.15) is 0 Å². The van der Waals surface area contributed by atoms with Crippen LogP contribution in [0.15, 0.2) is 23.1 Å². The van der Waals surface area contributed by atoms with Crippen LogP contribution in [-0.2, 0) is 0 Å². The minimum absolute atomic E-state index is 0.729. The minimum atomic E-state index is 0.729. The minimum Gasteiger partial charge on any atom is -0.497 e. The molecule has 1 aromatic carbocycles. The molecule has 0 saturated heterocycles. The summed E-state index contributed by atoms with van der Waals surface area (Å²) in [4.78, 5) is 0.813. The maximum atomic E-state index is 5.03. The highest BCUT2D eigenvalue weighted by molar-refractivity contribution is 7.80. The van der Waals surface area contributed by atoms with Crippen molar-refractivity contribution in [2.45, 2.75) is 4.90 Å². The molecule has 1 aromatic rings. The fourth-order valence-electron chi connectivity index (χ4n) is 0.785. The van der Waals surface area contributed by atoms with E-state index >= 15 is 0 Å². The summed E-state index contributed by atoms with van der Waals surface area (Å²) in [7, 11) is 3.22. The Labute approximate surface area is 71.5 Å². The van der Waals surface area contributed by atoms with Crippen LogP contribution in [0.4, 0.5) is 0 Å². The van der Waals surface area contributed by atoms with E-state index in [9.17, 15) is 0 Å². The van der Waals surface area contributed by atoms with Crippen molar-refractivity contribution in [1.29, 1.82) is 0 Å². The van der Waals surface area contributed by atoms with Gasteiger partial charge in [-0.1, -0.05) is 0 Å². The molecule has 0 aromatic heterocycles. The summed E-state index contributed by atoms with van der Waals surface area (Å²) in [6, 6.07) is 5.47. The maximum absolute atomic E-state index is 5.03. The van der Waals surface area contributed by atoms with Gasteiger partial charge in [-0.05, 0) is 12.1 Å². The molecule has 0 fully saturated rings. The second-order valence-electron chi connectivity index (χ2n) is 2.04. The summed E-state index contributed by atoms with van der Waals surface area (Å²) >= 11 is 4.18. The number of hydrogen-bond acceptors (Lipinski definition) is 3. The second-order valence-corrected chi connectivity index (χ2v) is 2.52. The number of rotatable bonds is 2. The molecule has 0 atom stereocenters. The van der Waals surface area contributed by atoms with Crippen LogP contribution in [0, 0.1) is 0 Å². The Balaban J connectivity index is 3.02. The van der Waals surface area contributed by atoms with Gasteiger partial charge in [0.1, 0.15) is 11.5 Å². The summed E-state index contributed by atoms with van der Waals surface area (Å²) < 4.78 is 10.0. The molecule has 0 aliphatic carbocycles. The third-order valence-corrected chi connectivity index (χ3v) is 1.76. The summed E-state index contributed by atoms with van der Waals surface area (Å²) in [6.45, 7) is 0. The third-order valence-electron chi connectivity index (χ3n) is 1.39. The van der Waals surface area contributed by atoms with E-state index in [1.165, 1.54) is 0 Å². The van der Waals surface area contributed by atoms with Gasteiger partial charge in [-0.15, -0.1) is 12.6 Å². The van der Waals surface area contributed by atoms with Crippen molar-refractivity contribution >= 4 is 12.6 Å². The van der Waals surface area contributed by atoms with E-state index < -0.39 is 0 Å². The van der Waals surface area contributed by atoms with Crippen molar-refractivity contribution in [2.24, 2.45) is 0 Å². The number of ether oxygens (including phenoxy) is 2. The summed E-state index contributed by atoms with van der Waals surface area (Å²) in [5.41, 5.74) is 0. The van der Waals surface area contributed by atoms with Gasteiger partial charge in [0.05, 0.1) is 14.2 Å². The van der Waals surface area contributed by atoms with Gasteiger partial charge in [-0.3, -0.25) is 0 Å². The van der Waals surface area contributed by atoms with Gasteiger partial charge < -0.3 is 9.47 Å². The largest absolute Gasteiger partial charge is 0.497 e. The molecule has 2 nitrogen and oxygen atoms in total. The molecule has 0 spiro atoms. The highest BCUT2D eigenvalue weighted by atomic mass is 32.1. The maximum Gasteiger partial charge on any atom is 0.135 e.